The molecule has 0 spiro atoms. The summed E-state index contributed by atoms with van der Waals surface area (Å²) >= 11 is 0. The first kappa shape index (κ1) is 15.9. The lowest BCUT2D eigenvalue weighted by Crippen LogP contribution is -2.20. The van der Waals surface area contributed by atoms with Crippen molar-refractivity contribution in [2.24, 2.45) is 0 Å². The van der Waals surface area contributed by atoms with Gasteiger partial charge in [-0.05, 0) is 18.2 Å². The Morgan fingerprint density at radius 1 is 1.30 bits per heavy atom. The van der Waals surface area contributed by atoms with Gasteiger partial charge in [0.25, 0.3) is 11.6 Å². The van der Waals surface area contributed by atoms with Gasteiger partial charge in [0.2, 0.25) is 5.88 Å². The molecule has 0 saturated carbocycles. The molecule has 1 amide bonds. The average molecular weight is 317 g/mol. The fraction of sp³-hybridized carbons (Fsp3) is 0.0714. The van der Waals surface area contributed by atoms with Gasteiger partial charge in [0.05, 0.1) is 10.5 Å². The lowest BCUT2D eigenvalue weighted by Gasteiger charge is -2.07. The largest absolute Gasteiger partial charge is 0.478 e. The number of carboxylic acids is 1. The first-order valence-corrected chi connectivity index (χ1v) is 6.32. The van der Waals surface area contributed by atoms with Crippen molar-refractivity contribution in [1.82, 2.24) is 4.98 Å². The van der Waals surface area contributed by atoms with Crippen molar-refractivity contribution in [3.8, 4) is 5.88 Å². The summed E-state index contributed by atoms with van der Waals surface area (Å²) in [6.45, 7) is -0.373. The fourth-order valence-corrected chi connectivity index (χ4v) is 1.63. The highest BCUT2D eigenvalue weighted by Crippen LogP contribution is 2.14. The van der Waals surface area contributed by atoms with Crippen LogP contribution < -0.4 is 10.1 Å². The zero-order chi connectivity index (χ0) is 16.8. The van der Waals surface area contributed by atoms with E-state index in [1.807, 2.05) is 0 Å². The number of pyridine rings is 1. The topological polar surface area (TPSA) is 132 Å². The van der Waals surface area contributed by atoms with E-state index in [2.05, 4.69) is 10.3 Å². The van der Waals surface area contributed by atoms with Crippen LogP contribution in [0.3, 0.4) is 0 Å². The minimum atomic E-state index is -1.10. The van der Waals surface area contributed by atoms with E-state index < -0.39 is 16.8 Å². The molecule has 9 nitrogen and oxygen atoms in total. The van der Waals surface area contributed by atoms with E-state index in [0.29, 0.717) is 5.69 Å². The molecule has 0 unspecified atom stereocenters. The summed E-state index contributed by atoms with van der Waals surface area (Å²) in [6.07, 6.45) is 1.02. The average Bonchev–Trinajstić information content (AvgIpc) is 2.53. The van der Waals surface area contributed by atoms with E-state index in [9.17, 15) is 19.7 Å². The maximum Gasteiger partial charge on any atom is 0.335 e. The zero-order valence-corrected chi connectivity index (χ0v) is 11.6. The van der Waals surface area contributed by atoms with Crippen molar-refractivity contribution < 1.29 is 24.4 Å². The van der Waals surface area contributed by atoms with Gasteiger partial charge in [-0.2, -0.15) is 0 Å². The van der Waals surface area contributed by atoms with Crippen LogP contribution in [0.25, 0.3) is 0 Å². The number of hydrogen-bond donors (Lipinski definition) is 2. The van der Waals surface area contributed by atoms with E-state index in [1.54, 1.807) is 0 Å². The second-order valence-electron chi connectivity index (χ2n) is 4.33. The van der Waals surface area contributed by atoms with Crippen LogP contribution in [0.4, 0.5) is 11.4 Å². The molecule has 2 N–H and O–H groups in total. The molecule has 0 atom stereocenters. The molecule has 2 rings (SSSR count). The molecule has 1 aromatic heterocycles. The standard InChI is InChI=1S/C14H11N3O6/c18-12(16-10-3-1-2-9(6-10)14(19)20)8-23-13-5-4-11(7-15-13)17(21)22/h1-7H,8H2,(H,16,18)(H,19,20). The number of carbonyl (C=O) groups is 2. The van der Waals surface area contributed by atoms with Gasteiger partial charge in [-0.3, -0.25) is 14.9 Å². The van der Waals surface area contributed by atoms with Crippen molar-refractivity contribution in [2.75, 3.05) is 11.9 Å². The molecule has 0 saturated heterocycles. The van der Waals surface area contributed by atoms with Crippen LogP contribution in [0.15, 0.2) is 42.6 Å². The van der Waals surface area contributed by atoms with Crippen molar-refractivity contribution in [1.29, 1.82) is 0 Å². The van der Waals surface area contributed by atoms with E-state index in [0.717, 1.165) is 6.20 Å². The van der Waals surface area contributed by atoms with Crippen LogP contribution >= 0.6 is 0 Å². The molecule has 0 aliphatic heterocycles. The normalized spacial score (nSPS) is 9.91. The molecule has 0 radical (unpaired) electrons. The lowest BCUT2D eigenvalue weighted by molar-refractivity contribution is -0.385. The van der Waals surface area contributed by atoms with Crippen molar-refractivity contribution in [3.05, 3.63) is 58.3 Å². The predicted octanol–water partition coefficient (Wildman–Crippen LogP) is 1.71. The molecule has 1 aromatic carbocycles. The molecular formula is C14H11N3O6. The first-order chi connectivity index (χ1) is 11.0. The number of nitro groups is 1. The van der Waals surface area contributed by atoms with Crippen molar-refractivity contribution >= 4 is 23.3 Å². The third-order valence-corrected chi connectivity index (χ3v) is 2.68. The summed E-state index contributed by atoms with van der Waals surface area (Å²) in [5, 5.41) is 21.8. The summed E-state index contributed by atoms with van der Waals surface area (Å²) in [5.41, 5.74) is 0.170. The molecule has 0 fully saturated rings. The molecule has 9 heteroatoms. The summed E-state index contributed by atoms with van der Waals surface area (Å²) in [5.74, 6) is -1.56. The van der Waals surface area contributed by atoms with Crippen LogP contribution in [0, 0.1) is 10.1 Å². The smallest absolute Gasteiger partial charge is 0.335 e. The number of carboxylic acid groups (broad SMARTS) is 1. The Morgan fingerprint density at radius 2 is 2.09 bits per heavy atom. The number of rotatable bonds is 6. The maximum atomic E-state index is 11.7. The summed E-state index contributed by atoms with van der Waals surface area (Å²) < 4.78 is 5.09. The van der Waals surface area contributed by atoms with Gasteiger partial charge in [-0.25, -0.2) is 9.78 Å². The molecular weight excluding hydrogens is 306 g/mol. The van der Waals surface area contributed by atoms with Gasteiger partial charge in [-0.1, -0.05) is 6.07 Å². The van der Waals surface area contributed by atoms with E-state index in [1.165, 1.54) is 36.4 Å². The summed E-state index contributed by atoms with van der Waals surface area (Å²) in [6, 6.07) is 8.22. The Labute approximate surface area is 129 Å². The summed E-state index contributed by atoms with van der Waals surface area (Å²) in [4.78, 5) is 36.1. The quantitative estimate of drug-likeness (QED) is 0.612. The highest BCUT2D eigenvalue weighted by atomic mass is 16.6. The molecule has 1 heterocycles. The SMILES string of the molecule is O=C(COc1ccc([N+](=O)[O-])cn1)Nc1cccc(C(=O)O)c1. The molecule has 0 aliphatic rings. The van der Waals surface area contributed by atoms with Gasteiger partial charge in [0, 0.05) is 17.8 Å². The number of carbonyl (C=O) groups excluding carboxylic acids is 1. The predicted molar refractivity (Wildman–Crippen MR) is 78.4 cm³/mol. The highest BCUT2D eigenvalue weighted by molar-refractivity contribution is 5.94. The van der Waals surface area contributed by atoms with E-state index in [4.69, 9.17) is 9.84 Å². The van der Waals surface area contributed by atoms with E-state index in [-0.39, 0.29) is 23.7 Å². The number of amides is 1. The van der Waals surface area contributed by atoms with Gasteiger partial charge < -0.3 is 15.2 Å². The molecule has 0 aliphatic carbocycles. The third-order valence-electron chi connectivity index (χ3n) is 2.68. The van der Waals surface area contributed by atoms with Crippen molar-refractivity contribution in [3.63, 3.8) is 0 Å². The number of nitrogens with one attached hydrogen (secondary N) is 1. The Balaban J connectivity index is 1.91. The number of nitrogens with zero attached hydrogens (tertiary/aromatic N) is 2. The first-order valence-electron chi connectivity index (χ1n) is 6.32. The third kappa shape index (κ3) is 4.49. The minimum Gasteiger partial charge on any atom is -0.478 e. The second kappa shape index (κ2) is 6.98. The molecule has 118 valence electrons. The number of ether oxygens (including phenoxy) is 1. The Kier molecular flexibility index (Phi) is 4.82. The van der Waals surface area contributed by atoms with Crippen LogP contribution in [0.2, 0.25) is 0 Å². The number of hydrogen-bond acceptors (Lipinski definition) is 6. The maximum absolute atomic E-state index is 11.7. The van der Waals surface area contributed by atoms with Crippen LogP contribution in [-0.2, 0) is 4.79 Å². The lowest BCUT2D eigenvalue weighted by atomic mass is 10.2. The summed E-state index contributed by atoms with van der Waals surface area (Å²) in [7, 11) is 0. The number of benzene rings is 1. The molecule has 23 heavy (non-hydrogen) atoms. The Morgan fingerprint density at radius 3 is 2.70 bits per heavy atom. The fourth-order valence-electron chi connectivity index (χ4n) is 1.63. The van der Waals surface area contributed by atoms with Gasteiger partial charge in [-0.15, -0.1) is 0 Å². The van der Waals surface area contributed by atoms with Crippen LogP contribution in [0.5, 0.6) is 5.88 Å². The van der Waals surface area contributed by atoms with Crippen LogP contribution in [0.1, 0.15) is 10.4 Å². The minimum absolute atomic E-state index is 0.0424. The molecule has 2 aromatic rings. The van der Waals surface area contributed by atoms with E-state index >= 15 is 0 Å². The Bertz CT molecular complexity index is 744. The number of aromatic nitrogens is 1. The second-order valence-corrected chi connectivity index (χ2v) is 4.33. The highest BCUT2D eigenvalue weighted by Gasteiger charge is 2.09. The molecule has 0 bridgehead atoms. The Hall–Kier alpha value is -3.49. The zero-order valence-electron chi connectivity index (χ0n) is 11.6. The number of anilines is 1. The van der Waals surface area contributed by atoms with Gasteiger partial charge >= 0.3 is 5.97 Å². The van der Waals surface area contributed by atoms with Gasteiger partial charge in [0.1, 0.15) is 6.20 Å². The van der Waals surface area contributed by atoms with Gasteiger partial charge in [0.15, 0.2) is 6.61 Å². The van der Waals surface area contributed by atoms with Crippen LogP contribution in [-0.4, -0.2) is 33.5 Å². The van der Waals surface area contributed by atoms with Crippen molar-refractivity contribution in [2.45, 2.75) is 0 Å². The monoisotopic (exact) mass is 317 g/mol. The number of aromatic carboxylic acids is 1.